The molecule has 0 atom stereocenters. The van der Waals surface area contributed by atoms with E-state index in [-0.39, 0.29) is 30.7 Å². The van der Waals surface area contributed by atoms with Gasteiger partial charge in [0.25, 0.3) is 0 Å². The van der Waals surface area contributed by atoms with Crippen molar-refractivity contribution < 1.29 is 14.3 Å². The molecule has 1 amide bonds. The van der Waals surface area contributed by atoms with Crippen molar-refractivity contribution in [3.63, 3.8) is 0 Å². The Balaban J connectivity index is 0.00000306. The number of carbonyl (C=O) groups is 2. The van der Waals surface area contributed by atoms with Crippen LogP contribution in [0.15, 0.2) is 54.6 Å². The number of thiophene rings is 1. The number of halogens is 1. The topological polar surface area (TPSA) is 58.6 Å². The average molecular weight is 485 g/mol. The molecule has 2 heterocycles. The number of nitrogens with zero attached hydrogens (tertiary/aromatic N) is 1. The van der Waals surface area contributed by atoms with Gasteiger partial charge in [-0.15, -0.1) is 23.7 Å². The SMILES string of the molecule is CCOC(=O)c1c(NC(=O)Cc2ccc(-c3ccccc3)cc2)sc2c1CCN(CC)C2.Cl. The minimum Gasteiger partial charge on any atom is -0.462 e. The number of hydrogen-bond donors (Lipinski definition) is 1. The Morgan fingerprint density at radius 3 is 2.39 bits per heavy atom. The fourth-order valence-electron chi connectivity index (χ4n) is 4.04. The molecule has 0 saturated carbocycles. The van der Waals surface area contributed by atoms with Gasteiger partial charge in [-0.1, -0.05) is 61.5 Å². The molecule has 0 saturated heterocycles. The summed E-state index contributed by atoms with van der Waals surface area (Å²) in [4.78, 5) is 29.0. The van der Waals surface area contributed by atoms with Gasteiger partial charge in [-0.05, 0) is 42.1 Å². The molecule has 1 N–H and O–H groups in total. The lowest BCUT2D eigenvalue weighted by Crippen LogP contribution is -2.30. The molecule has 3 aromatic rings. The number of anilines is 1. The summed E-state index contributed by atoms with van der Waals surface area (Å²) in [6.45, 7) is 6.93. The largest absolute Gasteiger partial charge is 0.462 e. The fraction of sp³-hybridized carbons (Fsp3) is 0.308. The second-order valence-electron chi connectivity index (χ2n) is 7.84. The summed E-state index contributed by atoms with van der Waals surface area (Å²) < 4.78 is 5.30. The fourth-order valence-corrected chi connectivity index (χ4v) is 5.33. The van der Waals surface area contributed by atoms with Crippen LogP contribution >= 0.6 is 23.7 Å². The Morgan fingerprint density at radius 2 is 1.73 bits per heavy atom. The van der Waals surface area contributed by atoms with Crippen LogP contribution in [0.2, 0.25) is 0 Å². The summed E-state index contributed by atoms with van der Waals surface area (Å²) in [6, 6.07) is 18.2. The molecule has 174 valence electrons. The molecule has 33 heavy (non-hydrogen) atoms. The third-order valence-corrected chi connectivity index (χ3v) is 6.87. The lowest BCUT2D eigenvalue weighted by atomic mass is 10.0. The van der Waals surface area contributed by atoms with Crippen molar-refractivity contribution in [3.8, 4) is 11.1 Å². The Morgan fingerprint density at radius 1 is 1.03 bits per heavy atom. The predicted molar refractivity (Wildman–Crippen MR) is 136 cm³/mol. The third-order valence-electron chi connectivity index (χ3n) is 5.74. The highest BCUT2D eigenvalue weighted by Gasteiger charge is 2.29. The summed E-state index contributed by atoms with van der Waals surface area (Å²) in [6.07, 6.45) is 1.05. The highest BCUT2D eigenvalue weighted by Crippen LogP contribution is 2.37. The van der Waals surface area contributed by atoms with Crippen LogP contribution in [0.25, 0.3) is 11.1 Å². The van der Waals surface area contributed by atoms with Crippen LogP contribution in [0.3, 0.4) is 0 Å². The zero-order valence-electron chi connectivity index (χ0n) is 18.9. The van der Waals surface area contributed by atoms with Crippen LogP contribution in [0.5, 0.6) is 0 Å². The molecule has 7 heteroatoms. The maximum absolute atomic E-state index is 12.8. The van der Waals surface area contributed by atoms with Crippen LogP contribution < -0.4 is 5.32 Å². The predicted octanol–water partition coefficient (Wildman–Crippen LogP) is 5.57. The number of amides is 1. The molecule has 2 aromatic carbocycles. The Kier molecular flexibility index (Phi) is 8.67. The summed E-state index contributed by atoms with van der Waals surface area (Å²) in [5.74, 6) is -0.480. The normalized spacial score (nSPS) is 13.0. The molecule has 0 unspecified atom stereocenters. The second-order valence-corrected chi connectivity index (χ2v) is 8.94. The number of nitrogens with one attached hydrogen (secondary N) is 1. The minimum absolute atomic E-state index is 0. The van der Waals surface area contributed by atoms with Crippen LogP contribution in [0, 0.1) is 0 Å². The molecule has 5 nitrogen and oxygen atoms in total. The molecule has 0 spiro atoms. The number of hydrogen-bond acceptors (Lipinski definition) is 5. The second kappa shape index (κ2) is 11.5. The first-order valence-corrected chi connectivity index (χ1v) is 11.9. The van der Waals surface area contributed by atoms with E-state index in [0.717, 1.165) is 53.2 Å². The molecule has 1 aromatic heterocycles. The summed E-state index contributed by atoms with van der Waals surface area (Å²) in [7, 11) is 0. The number of fused-ring (bicyclic) bond motifs is 1. The smallest absolute Gasteiger partial charge is 0.341 e. The number of benzene rings is 2. The van der Waals surface area contributed by atoms with Gasteiger partial charge < -0.3 is 10.1 Å². The Labute approximate surface area is 205 Å². The van der Waals surface area contributed by atoms with Crippen LogP contribution in [0.4, 0.5) is 5.00 Å². The van der Waals surface area contributed by atoms with Crippen LogP contribution in [-0.4, -0.2) is 36.5 Å². The Bertz CT molecular complexity index is 1100. The molecule has 4 rings (SSSR count). The molecule has 1 aliphatic rings. The number of ether oxygens (including phenoxy) is 1. The lowest BCUT2D eigenvalue weighted by Gasteiger charge is -2.25. The standard InChI is InChI=1S/C26H28N2O3S.ClH/c1-3-28-15-14-21-22(17-28)32-25(24(21)26(30)31-4-2)27-23(29)16-18-10-12-20(13-11-18)19-8-6-5-7-9-19;/h5-13H,3-4,14-17H2,1-2H3,(H,27,29);1H. The first kappa shape index (κ1) is 25.0. The number of likely N-dealkylation sites (N-methyl/N-ethyl adjacent to an activating group) is 1. The summed E-state index contributed by atoms with van der Waals surface area (Å²) >= 11 is 1.50. The molecule has 0 radical (unpaired) electrons. The first-order valence-electron chi connectivity index (χ1n) is 11.1. The highest BCUT2D eigenvalue weighted by molar-refractivity contribution is 7.17. The summed E-state index contributed by atoms with van der Waals surface area (Å²) in [5, 5.41) is 3.60. The maximum atomic E-state index is 12.8. The monoisotopic (exact) mass is 484 g/mol. The van der Waals surface area contributed by atoms with E-state index in [2.05, 4.69) is 29.3 Å². The first-order chi connectivity index (χ1) is 15.6. The highest BCUT2D eigenvalue weighted by atomic mass is 35.5. The van der Waals surface area contributed by atoms with Gasteiger partial charge in [0.1, 0.15) is 5.00 Å². The van der Waals surface area contributed by atoms with Gasteiger partial charge >= 0.3 is 5.97 Å². The Hall–Kier alpha value is -2.67. The van der Waals surface area contributed by atoms with Crippen LogP contribution in [0.1, 0.15) is 40.2 Å². The van der Waals surface area contributed by atoms with Gasteiger partial charge in [-0.3, -0.25) is 9.69 Å². The van der Waals surface area contributed by atoms with E-state index in [4.69, 9.17) is 4.74 Å². The van der Waals surface area contributed by atoms with Gasteiger partial charge in [0, 0.05) is 18.0 Å². The number of esters is 1. The van der Waals surface area contributed by atoms with Crippen molar-refractivity contribution in [1.29, 1.82) is 0 Å². The van der Waals surface area contributed by atoms with E-state index in [1.165, 1.54) is 11.3 Å². The summed E-state index contributed by atoms with van der Waals surface area (Å²) in [5.41, 5.74) is 4.76. The van der Waals surface area contributed by atoms with Crippen LogP contribution in [-0.2, 0) is 28.9 Å². The molecular weight excluding hydrogens is 456 g/mol. The molecular formula is C26H29ClN2O3S. The molecule has 0 aliphatic carbocycles. The zero-order valence-corrected chi connectivity index (χ0v) is 20.6. The van der Waals surface area contributed by atoms with Crippen molar-refractivity contribution in [2.45, 2.75) is 33.2 Å². The molecule has 0 bridgehead atoms. The van der Waals surface area contributed by atoms with Gasteiger partial charge in [0.2, 0.25) is 5.91 Å². The third kappa shape index (κ3) is 5.82. The van der Waals surface area contributed by atoms with E-state index in [0.29, 0.717) is 17.2 Å². The van der Waals surface area contributed by atoms with E-state index in [9.17, 15) is 9.59 Å². The van der Waals surface area contributed by atoms with Crippen molar-refractivity contribution in [2.75, 3.05) is 25.0 Å². The van der Waals surface area contributed by atoms with Gasteiger partial charge in [0.15, 0.2) is 0 Å². The average Bonchev–Trinajstić information content (AvgIpc) is 3.17. The lowest BCUT2D eigenvalue weighted by molar-refractivity contribution is -0.115. The van der Waals surface area contributed by atoms with Gasteiger partial charge in [-0.25, -0.2) is 4.79 Å². The number of rotatable bonds is 7. The van der Waals surface area contributed by atoms with Gasteiger partial charge in [0.05, 0.1) is 18.6 Å². The van der Waals surface area contributed by atoms with E-state index >= 15 is 0 Å². The molecule has 1 aliphatic heterocycles. The zero-order chi connectivity index (χ0) is 22.5. The van der Waals surface area contributed by atoms with E-state index in [1.807, 2.05) is 42.5 Å². The van der Waals surface area contributed by atoms with Crippen molar-refractivity contribution >= 4 is 40.6 Å². The van der Waals surface area contributed by atoms with Crippen molar-refractivity contribution in [2.24, 2.45) is 0 Å². The van der Waals surface area contributed by atoms with E-state index < -0.39 is 0 Å². The molecule has 0 fully saturated rings. The van der Waals surface area contributed by atoms with Crippen molar-refractivity contribution in [3.05, 3.63) is 76.2 Å². The quantitative estimate of drug-likeness (QED) is 0.445. The van der Waals surface area contributed by atoms with Gasteiger partial charge in [-0.2, -0.15) is 0 Å². The minimum atomic E-state index is -0.350. The van der Waals surface area contributed by atoms with Crippen molar-refractivity contribution in [1.82, 2.24) is 4.90 Å². The van der Waals surface area contributed by atoms with E-state index in [1.54, 1.807) is 6.92 Å². The number of carbonyl (C=O) groups excluding carboxylic acids is 2. The maximum Gasteiger partial charge on any atom is 0.341 e.